The number of fused-ring (bicyclic) bond motifs is 1. The second-order valence-corrected chi connectivity index (χ2v) is 8.86. The van der Waals surface area contributed by atoms with Gasteiger partial charge in [0.05, 0.1) is 11.4 Å². The van der Waals surface area contributed by atoms with E-state index in [1.807, 2.05) is 20.9 Å². The van der Waals surface area contributed by atoms with Gasteiger partial charge in [-0.15, -0.1) is 10.2 Å². The van der Waals surface area contributed by atoms with E-state index in [1.54, 1.807) is 4.90 Å². The fourth-order valence-corrected chi connectivity index (χ4v) is 5.13. The molecule has 1 aromatic heterocycles. The number of hydrogen-bond donors (Lipinski definition) is 0. The van der Waals surface area contributed by atoms with Gasteiger partial charge < -0.3 is 9.80 Å². The lowest BCUT2D eigenvalue weighted by atomic mass is 10.0. The van der Waals surface area contributed by atoms with Crippen molar-refractivity contribution < 1.29 is 4.79 Å². The molecule has 0 spiro atoms. The normalized spacial score (nSPS) is 19.2. The van der Waals surface area contributed by atoms with Crippen LogP contribution in [0.1, 0.15) is 44.0 Å². The van der Waals surface area contributed by atoms with Crippen LogP contribution in [0.2, 0.25) is 0 Å². The first kappa shape index (κ1) is 19.8. The summed E-state index contributed by atoms with van der Waals surface area (Å²) in [5.74, 6) is 1.83. The van der Waals surface area contributed by atoms with E-state index in [1.165, 1.54) is 18.4 Å². The number of hydrogen-bond acceptors (Lipinski definition) is 4. The molecule has 0 unspecified atom stereocenters. The average molecular weight is 416 g/mol. The second kappa shape index (κ2) is 7.52. The first-order valence-corrected chi connectivity index (χ1v) is 11.1. The van der Waals surface area contributed by atoms with Crippen LogP contribution in [0.5, 0.6) is 0 Å². The second-order valence-electron chi connectivity index (χ2n) is 8.86. The smallest absolute Gasteiger partial charge is 0.249 e. The highest BCUT2D eigenvalue weighted by Gasteiger charge is 2.38. The summed E-state index contributed by atoms with van der Waals surface area (Å²) >= 11 is 0. The quantitative estimate of drug-likeness (QED) is 0.624. The fraction of sp³-hybridized carbons (Fsp3) is 0.400. The van der Waals surface area contributed by atoms with Crippen LogP contribution in [-0.2, 0) is 4.79 Å². The van der Waals surface area contributed by atoms with Crippen molar-refractivity contribution in [1.82, 2.24) is 14.8 Å². The van der Waals surface area contributed by atoms with Crippen molar-refractivity contribution in [3.63, 3.8) is 0 Å². The molecule has 1 atom stereocenters. The minimum atomic E-state index is -0.160. The minimum Gasteiger partial charge on any atom is -0.355 e. The zero-order valence-electron chi connectivity index (χ0n) is 18.7. The van der Waals surface area contributed by atoms with E-state index in [0.717, 1.165) is 47.1 Å². The average Bonchev–Trinajstić information content (AvgIpc) is 3.43. The molecule has 1 saturated carbocycles. The van der Waals surface area contributed by atoms with Crippen molar-refractivity contribution in [3.8, 4) is 17.1 Å². The number of rotatable bonds is 3. The summed E-state index contributed by atoms with van der Waals surface area (Å²) in [4.78, 5) is 17.1. The third-order valence-corrected chi connectivity index (χ3v) is 6.81. The highest BCUT2D eigenvalue weighted by atomic mass is 16.2. The highest BCUT2D eigenvalue weighted by Crippen LogP contribution is 2.42. The van der Waals surface area contributed by atoms with E-state index in [-0.39, 0.29) is 11.9 Å². The van der Waals surface area contributed by atoms with Crippen molar-refractivity contribution in [2.75, 3.05) is 16.8 Å². The number of likely N-dealkylation sites (N-methyl/N-ethyl adjacent to an activating group) is 1. The van der Waals surface area contributed by atoms with Crippen LogP contribution in [0.25, 0.3) is 17.1 Å². The number of carbonyl (C=O) groups is 1. The maximum Gasteiger partial charge on any atom is 0.249 e. The van der Waals surface area contributed by atoms with Crippen LogP contribution < -0.4 is 9.80 Å². The number of aromatic nitrogens is 3. The summed E-state index contributed by atoms with van der Waals surface area (Å²) < 4.78 is 2.10. The van der Waals surface area contributed by atoms with E-state index in [0.29, 0.717) is 6.04 Å². The van der Waals surface area contributed by atoms with Gasteiger partial charge in [-0.05, 0) is 63.9 Å². The Labute approximate surface area is 183 Å². The predicted molar refractivity (Wildman–Crippen MR) is 124 cm³/mol. The number of nitrogens with zero attached hydrogens (tertiary/aromatic N) is 5. The van der Waals surface area contributed by atoms with Gasteiger partial charge in [0.1, 0.15) is 11.9 Å². The van der Waals surface area contributed by atoms with Crippen molar-refractivity contribution in [2.45, 2.75) is 58.5 Å². The monoisotopic (exact) mass is 415 g/mol. The molecule has 5 rings (SSSR count). The van der Waals surface area contributed by atoms with Crippen LogP contribution in [0, 0.1) is 13.8 Å². The molecule has 31 heavy (non-hydrogen) atoms. The van der Waals surface area contributed by atoms with Crippen LogP contribution in [-0.4, -0.2) is 39.8 Å². The molecule has 0 radical (unpaired) electrons. The molecule has 1 aliphatic heterocycles. The van der Waals surface area contributed by atoms with Crippen LogP contribution in [0.4, 0.5) is 11.4 Å². The van der Waals surface area contributed by atoms with Gasteiger partial charge in [-0.1, -0.05) is 30.5 Å². The van der Waals surface area contributed by atoms with Gasteiger partial charge >= 0.3 is 0 Å². The molecule has 1 amide bonds. The summed E-state index contributed by atoms with van der Waals surface area (Å²) in [6, 6.07) is 15.0. The van der Waals surface area contributed by atoms with Gasteiger partial charge in [0.15, 0.2) is 5.82 Å². The predicted octanol–water partition coefficient (Wildman–Crippen LogP) is 4.67. The Morgan fingerprint density at radius 3 is 2.35 bits per heavy atom. The maximum absolute atomic E-state index is 12.9. The van der Waals surface area contributed by atoms with Gasteiger partial charge in [-0.2, -0.15) is 0 Å². The molecule has 6 nitrogen and oxygen atoms in total. The van der Waals surface area contributed by atoms with Gasteiger partial charge in [-0.25, -0.2) is 0 Å². The highest BCUT2D eigenvalue weighted by molar-refractivity contribution is 6.05. The number of aryl methyl sites for hydroxylation is 2. The van der Waals surface area contributed by atoms with Crippen LogP contribution in [0.15, 0.2) is 42.5 Å². The Morgan fingerprint density at radius 2 is 1.65 bits per heavy atom. The Hall–Kier alpha value is -3.15. The molecule has 0 bridgehead atoms. The van der Waals surface area contributed by atoms with Crippen molar-refractivity contribution in [2.24, 2.45) is 0 Å². The van der Waals surface area contributed by atoms with Gasteiger partial charge in [0, 0.05) is 24.3 Å². The summed E-state index contributed by atoms with van der Waals surface area (Å²) in [6.07, 6.45) is 4.75. The lowest BCUT2D eigenvalue weighted by Gasteiger charge is -2.43. The third-order valence-electron chi connectivity index (χ3n) is 6.81. The molecule has 3 aromatic rings. The van der Waals surface area contributed by atoms with Crippen molar-refractivity contribution in [3.05, 3.63) is 53.9 Å². The lowest BCUT2D eigenvalue weighted by molar-refractivity contribution is -0.119. The summed E-state index contributed by atoms with van der Waals surface area (Å²) in [5, 5.41) is 8.90. The number of carbonyl (C=O) groups excluding carboxylic acids is 1. The Kier molecular flexibility index (Phi) is 4.80. The zero-order valence-corrected chi connectivity index (χ0v) is 18.7. The van der Waals surface area contributed by atoms with Gasteiger partial charge in [0.25, 0.3) is 0 Å². The van der Waals surface area contributed by atoms with E-state index >= 15 is 0 Å². The first-order valence-electron chi connectivity index (χ1n) is 11.1. The lowest BCUT2D eigenvalue weighted by Crippen LogP contribution is -2.54. The molecule has 6 heteroatoms. The van der Waals surface area contributed by atoms with E-state index in [4.69, 9.17) is 0 Å². The molecule has 2 heterocycles. The molecular weight excluding hydrogens is 386 g/mol. The Bertz CT molecular complexity index is 1130. The molecule has 2 aliphatic rings. The van der Waals surface area contributed by atoms with Crippen LogP contribution in [0.3, 0.4) is 0 Å². The summed E-state index contributed by atoms with van der Waals surface area (Å²) in [7, 11) is 1.88. The summed E-state index contributed by atoms with van der Waals surface area (Å²) in [6.45, 7) is 6.10. The molecular formula is C25H29N5O. The first-order chi connectivity index (χ1) is 15.0. The topological polar surface area (TPSA) is 54.3 Å². The third kappa shape index (κ3) is 3.21. The summed E-state index contributed by atoms with van der Waals surface area (Å²) in [5.41, 5.74) is 5.37. The van der Waals surface area contributed by atoms with Crippen molar-refractivity contribution >= 4 is 17.3 Å². The number of amides is 1. The van der Waals surface area contributed by atoms with Gasteiger partial charge in [0.2, 0.25) is 5.91 Å². The fourth-order valence-electron chi connectivity index (χ4n) is 5.13. The largest absolute Gasteiger partial charge is 0.355 e. The molecule has 2 aromatic carbocycles. The SMILES string of the molecule is Cc1ccc(-n2c(C)nnc2-c2ccc3c(c2)N(C2CCCC2)[C@H](C)C(=O)N3C)cc1. The minimum absolute atomic E-state index is 0.158. The standard InChI is InChI=1S/C25H29N5O/c1-16-9-12-21(13-10-16)30-18(3)26-27-24(30)19-11-14-22-23(15-19)29(20-7-5-6-8-20)17(2)25(31)28(22)4/h9-15,17,20H,5-8H2,1-4H3/t17-/m1/s1. The van der Waals surface area contributed by atoms with E-state index < -0.39 is 0 Å². The molecule has 0 N–H and O–H groups in total. The molecule has 1 aliphatic carbocycles. The van der Waals surface area contributed by atoms with Gasteiger partial charge in [-0.3, -0.25) is 9.36 Å². The van der Waals surface area contributed by atoms with E-state index in [9.17, 15) is 4.79 Å². The molecule has 1 fully saturated rings. The van der Waals surface area contributed by atoms with E-state index in [2.05, 4.69) is 69.1 Å². The Balaban J connectivity index is 1.64. The molecule has 160 valence electrons. The van der Waals surface area contributed by atoms with Crippen molar-refractivity contribution in [1.29, 1.82) is 0 Å². The number of anilines is 2. The van der Waals surface area contributed by atoms with Crippen LogP contribution >= 0.6 is 0 Å². The number of benzene rings is 2. The maximum atomic E-state index is 12.9. The Morgan fingerprint density at radius 1 is 0.935 bits per heavy atom. The zero-order chi connectivity index (χ0) is 21.7. The molecule has 0 saturated heterocycles.